The molecule has 0 fully saturated rings. The van der Waals surface area contributed by atoms with Gasteiger partial charge in [-0.1, -0.05) is 39.0 Å². The molecule has 0 heterocycles. The fourth-order valence-corrected chi connectivity index (χ4v) is 11.3. The molecule has 0 atom stereocenters. The van der Waals surface area contributed by atoms with E-state index in [0.29, 0.717) is 0 Å². The molecule has 0 aromatic rings. The van der Waals surface area contributed by atoms with Crippen LogP contribution in [-0.4, -0.2) is 24.6 Å². The Hall–Kier alpha value is 0.430. The van der Waals surface area contributed by atoms with E-state index in [0.717, 1.165) is 0 Å². The molecular formula is C30H65P. The van der Waals surface area contributed by atoms with Crippen LogP contribution in [0, 0.1) is 0 Å². The van der Waals surface area contributed by atoms with Crippen LogP contribution in [0.15, 0.2) is 0 Å². The molecule has 190 valence electrons. The first-order valence-electron chi connectivity index (χ1n) is 15.2. The zero-order valence-electron chi connectivity index (χ0n) is 22.9. The predicted molar refractivity (Wildman–Crippen MR) is 152 cm³/mol. The second kappa shape index (κ2) is 25.1. The molecule has 0 aromatic carbocycles. The van der Waals surface area contributed by atoms with Crippen LogP contribution in [0.25, 0.3) is 0 Å². The Labute approximate surface area is 200 Å². The fourth-order valence-electron chi connectivity index (χ4n) is 5.45. The molecule has 1 heteroatoms. The summed E-state index contributed by atoms with van der Waals surface area (Å²) in [6.45, 7) is 9.50. The van der Waals surface area contributed by atoms with E-state index < -0.39 is 7.26 Å². The monoisotopic (exact) mass is 456 g/mol. The van der Waals surface area contributed by atoms with E-state index >= 15 is 0 Å². The minimum absolute atomic E-state index is 0.966. The van der Waals surface area contributed by atoms with Crippen molar-refractivity contribution in [3.63, 3.8) is 0 Å². The van der Waals surface area contributed by atoms with Gasteiger partial charge >= 0.3 is 162 Å². The molecule has 31 heavy (non-hydrogen) atoms. The fraction of sp³-hybridized carbons (Fsp3) is 1.00. The van der Waals surface area contributed by atoms with Crippen molar-refractivity contribution in [2.45, 2.75) is 169 Å². The molecule has 0 rings (SSSR count). The topological polar surface area (TPSA) is 0 Å². The Morgan fingerprint density at radius 3 is 0.774 bits per heavy atom. The van der Waals surface area contributed by atoms with Gasteiger partial charge in [0.1, 0.15) is 0 Å². The average Bonchev–Trinajstić information content (AvgIpc) is 2.79. The summed E-state index contributed by atoms with van der Waals surface area (Å²) in [7, 11) is -0.966. The molecule has 0 aromatic heterocycles. The van der Waals surface area contributed by atoms with Crippen molar-refractivity contribution in [3.8, 4) is 0 Å². The van der Waals surface area contributed by atoms with Crippen molar-refractivity contribution >= 4 is 7.26 Å². The van der Waals surface area contributed by atoms with E-state index in [4.69, 9.17) is 0 Å². The summed E-state index contributed by atoms with van der Waals surface area (Å²) < 4.78 is 0. The first-order valence-corrected chi connectivity index (χ1v) is 18.1. The molecule has 0 amide bonds. The van der Waals surface area contributed by atoms with E-state index in [-0.39, 0.29) is 0 Å². The van der Waals surface area contributed by atoms with Crippen LogP contribution >= 0.6 is 7.26 Å². The summed E-state index contributed by atoms with van der Waals surface area (Å²) in [5.41, 5.74) is 0. The maximum absolute atomic E-state index is 2.40. The number of hydrogen-bond donors (Lipinski definition) is 0. The van der Waals surface area contributed by atoms with Gasteiger partial charge in [-0.2, -0.15) is 0 Å². The molecule has 0 saturated carbocycles. The third kappa shape index (κ3) is 20.7. The van der Waals surface area contributed by atoms with Crippen molar-refractivity contribution in [1.82, 2.24) is 0 Å². The molecule has 0 nitrogen and oxygen atoms in total. The number of hydrogen-bond acceptors (Lipinski definition) is 0. The van der Waals surface area contributed by atoms with Crippen molar-refractivity contribution in [2.75, 3.05) is 24.6 Å². The molecule has 0 unspecified atom stereocenters. The van der Waals surface area contributed by atoms with Crippen LogP contribution in [0.2, 0.25) is 0 Å². The van der Waals surface area contributed by atoms with Crippen LogP contribution in [0.3, 0.4) is 0 Å². The zero-order valence-corrected chi connectivity index (χ0v) is 23.9. The van der Waals surface area contributed by atoms with E-state index in [2.05, 4.69) is 27.7 Å². The Kier molecular flexibility index (Phi) is 25.4. The molecule has 0 aliphatic rings. The van der Waals surface area contributed by atoms with Crippen LogP contribution in [0.4, 0.5) is 0 Å². The summed E-state index contributed by atoms with van der Waals surface area (Å²) in [5.74, 6) is 0. The summed E-state index contributed by atoms with van der Waals surface area (Å²) in [5, 5.41) is 0. The molecule has 0 N–H and O–H groups in total. The van der Waals surface area contributed by atoms with Gasteiger partial charge in [-0.3, -0.25) is 0 Å². The first-order chi connectivity index (χ1) is 15.2. The van der Waals surface area contributed by atoms with E-state index in [9.17, 15) is 0 Å². The summed E-state index contributed by atoms with van der Waals surface area (Å²) in [6, 6.07) is 0. The average molecular weight is 457 g/mol. The van der Waals surface area contributed by atoms with Crippen molar-refractivity contribution in [2.24, 2.45) is 0 Å². The van der Waals surface area contributed by atoms with E-state index in [1.165, 1.54) is 135 Å². The van der Waals surface area contributed by atoms with Gasteiger partial charge in [0.15, 0.2) is 0 Å². The van der Waals surface area contributed by atoms with Gasteiger partial charge < -0.3 is 0 Å². The molecular weight excluding hydrogens is 391 g/mol. The molecule has 0 spiro atoms. The van der Waals surface area contributed by atoms with Gasteiger partial charge in [-0.15, -0.1) is 0 Å². The van der Waals surface area contributed by atoms with Crippen molar-refractivity contribution in [3.05, 3.63) is 0 Å². The standard InChI is InChI=1S/C30H65P/c1-5-9-13-14-15-16-17-18-19-20-21-22-23-24-25-26-30-31(27-10-6-2,28-11-7-3)29-12-8-4/h31H,5-30H2,1-4H3. The quantitative estimate of drug-likeness (QED) is 0.0896. The normalized spacial score (nSPS) is 12.5. The second-order valence-electron chi connectivity index (χ2n) is 10.9. The number of unbranched alkanes of at least 4 members (excludes halogenated alkanes) is 18. The first kappa shape index (κ1) is 31.4. The third-order valence-electron chi connectivity index (χ3n) is 7.74. The Bertz CT molecular complexity index is 303. The predicted octanol–water partition coefficient (Wildman–Crippen LogP) is 11.4. The van der Waals surface area contributed by atoms with Crippen molar-refractivity contribution < 1.29 is 0 Å². The van der Waals surface area contributed by atoms with Crippen LogP contribution < -0.4 is 0 Å². The minimum atomic E-state index is -0.966. The Balaban J connectivity index is 3.71. The molecule has 0 aliphatic carbocycles. The van der Waals surface area contributed by atoms with Gasteiger partial charge in [0, 0.05) is 0 Å². The van der Waals surface area contributed by atoms with Gasteiger partial charge in [0.2, 0.25) is 0 Å². The van der Waals surface area contributed by atoms with Gasteiger partial charge in [-0.25, -0.2) is 0 Å². The van der Waals surface area contributed by atoms with Crippen molar-refractivity contribution in [1.29, 1.82) is 0 Å². The number of rotatable bonds is 26. The molecule has 0 saturated heterocycles. The van der Waals surface area contributed by atoms with E-state index in [1.54, 1.807) is 31.1 Å². The van der Waals surface area contributed by atoms with Crippen LogP contribution in [0.1, 0.15) is 169 Å². The van der Waals surface area contributed by atoms with Crippen LogP contribution in [0.5, 0.6) is 0 Å². The van der Waals surface area contributed by atoms with Gasteiger partial charge in [0.05, 0.1) is 0 Å². The van der Waals surface area contributed by atoms with Gasteiger partial charge in [0.25, 0.3) is 0 Å². The summed E-state index contributed by atoms with van der Waals surface area (Å²) in [6.07, 6.45) is 39.2. The Morgan fingerprint density at radius 2 is 0.484 bits per heavy atom. The molecule has 0 aliphatic heterocycles. The second-order valence-corrected chi connectivity index (χ2v) is 15.9. The summed E-state index contributed by atoms with van der Waals surface area (Å²) in [4.78, 5) is 0. The summed E-state index contributed by atoms with van der Waals surface area (Å²) >= 11 is 0. The van der Waals surface area contributed by atoms with Gasteiger partial charge in [-0.05, 0) is 0 Å². The molecule has 0 bridgehead atoms. The molecule has 0 radical (unpaired) electrons. The Morgan fingerprint density at radius 1 is 0.258 bits per heavy atom. The SMILES string of the molecule is CCCCCCCCCCCCCCCCCC[PH](CCCC)(CCCC)CCCC. The van der Waals surface area contributed by atoms with Crippen LogP contribution in [-0.2, 0) is 0 Å². The van der Waals surface area contributed by atoms with E-state index in [1.807, 2.05) is 0 Å². The maximum atomic E-state index is 2.40. The zero-order chi connectivity index (χ0) is 22.9. The third-order valence-corrected chi connectivity index (χ3v) is 13.4.